The minimum absolute atomic E-state index is 0.0000759. The second kappa shape index (κ2) is 7.94. The van der Waals surface area contributed by atoms with Crippen molar-refractivity contribution in [1.29, 1.82) is 0 Å². The molecule has 0 spiro atoms. The molecule has 3 aromatic rings. The molecule has 0 unspecified atom stereocenters. The molecule has 7 nitrogen and oxygen atoms in total. The standard InChI is InChI=1S/C19H16ClF3N4O3/c1-18(2,16(28)29)9-30-17-25-6-11(7-26-17)10-3-4-12(13(20)5-10)15-24-8-14(27-15)19(21,22)23/h3-8H,9H2,1-2H3,(H,24,27)(H,28,29). The maximum absolute atomic E-state index is 12.7. The Kier molecular flexibility index (Phi) is 5.71. The summed E-state index contributed by atoms with van der Waals surface area (Å²) in [7, 11) is 0. The van der Waals surface area contributed by atoms with E-state index in [1.54, 1.807) is 12.1 Å². The third-order valence-corrected chi connectivity index (χ3v) is 4.52. The first-order chi connectivity index (χ1) is 14.0. The molecule has 11 heteroatoms. The topological polar surface area (TPSA) is 101 Å². The first-order valence-corrected chi connectivity index (χ1v) is 8.96. The monoisotopic (exact) mass is 440 g/mol. The highest BCUT2D eigenvalue weighted by Gasteiger charge is 2.33. The van der Waals surface area contributed by atoms with Crippen LogP contribution < -0.4 is 4.74 Å². The van der Waals surface area contributed by atoms with E-state index in [4.69, 9.17) is 21.4 Å². The number of imidazole rings is 1. The molecule has 0 aliphatic carbocycles. The Morgan fingerprint density at radius 1 is 1.13 bits per heavy atom. The van der Waals surface area contributed by atoms with E-state index in [1.807, 2.05) is 0 Å². The second-order valence-electron chi connectivity index (χ2n) is 7.07. The van der Waals surface area contributed by atoms with E-state index in [0.717, 1.165) is 0 Å². The predicted octanol–water partition coefficient (Wildman–Crippen LogP) is 4.70. The summed E-state index contributed by atoms with van der Waals surface area (Å²) < 4.78 is 43.5. The van der Waals surface area contributed by atoms with Crippen molar-refractivity contribution in [3.63, 3.8) is 0 Å². The van der Waals surface area contributed by atoms with Crippen molar-refractivity contribution >= 4 is 17.6 Å². The number of carbonyl (C=O) groups is 1. The third-order valence-electron chi connectivity index (χ3n) is 4.21. The zero-order valence-electron chi connectivity index (χ0n) is 15.8. The van der Waals surface area contributed by atoms with Crippen LogP contribution in [0.25, 0.3) is 22.5 Å². The maximum atomic E-state index is 12.7. The highest BCUT2D eigenvalue weighted by molar-refractivity contribution is 6.33. The van der Waals surface area contributed by atoms with Gasteiger partial charge in [0.25, 0.3) is 0 Å². The zero-order chi connectivity index (χ0) is 22.1. The van der Waals surface area contributed by atoms with Crippen molar-refractivity contribution in [3.05, 3.63) is 47.5 Å². The molecular weight excluding hydrogens is 425 g/mol. The number of nitrogens with zero attached hydrogens (tertiary/aromatic N) is 3. The molecule has 2 aromatic heterocycles. The second-order valence-corrected chi connectivity index (χ2v) is 7.48. The van der Waals surface area contributed by atoms with Gasteiger partial charge in [0.05, 0.1) is 16.6 Å². The number of rotatable bonds is 6. The summed E-state index contributed by atoms with van der Waals surface area (Å²) in [5, 5.41) is 9.28. The van der Waals surface area contributed by atoms with E-state index in [-0.39, 0.29) is 23.5 Å². The van der Waals surface area contributed by atoms with Crippen LogP contribution in [0.2, 0.25) is 5.02 Å². The Labute approximate surface area is 173 Å². The number of carboxylic acids is 1. The largest absolute Gasteiger partial charge is 0.481 e. The molecular formula is C19H16ClF3N4O3. The first kappa shape index (κ1) is 21.6. The summed E-state index contributed by atoms with van der Waals surface area (Å²) >= 11 is 6.24. The zero-order valence-corrected chi connectivity index (χ0v) is 16.5. The Morgan fingerprint density at radius 3 is 2.33 bits per heavy atom. The highest BCUT2D eigenvalue weighted by Crippen LogP contribution is 2.33. The average Bonchev–Trinajstić information content (AvgIpc) is 3.17. The van der Waals surface area contributed by atoms with Crippen LogP contribution in [0.5, 0.6) is 6.01 Å². The molecule has 0 bridgehead atoms. The number of hydrogen-bond donors (Lipinski definition) is 2. The lowest BCUT2D eigenvalue weighted by atomic mass is 9.95. The molecule has 0 aliphatic rings. The number of ether oxygens (including phenoxy) is 1. The Hall–Kier alpha value is -3.14. The molecule has 0 saturated heterocycles. The number of hydrogen-bond acceptors (Lipinski definition) is 5. The number of aromatic amines is 1. The third kappa shape index (κ3) is 4.70. The highest BCUT2D eigenvalue weighted by atomic mass is 35.5. The van der Waals surface area contributed by atoms with E-state index in [0.29, 0.717) is 22.9 Å². The molecule has 0 radical (unpaired) electrons. The van der Waals surface area contributed by atoms with Gasteiger partial charge in [0.2, 0.25) is 0 Å². The molecule has 0 atom stereocenters. The van der Waals surface area contributed by atoms with Gasteiger partial charge < -0.3 is 14.8 Å². The van der Waals surface area contributed by atoms with Crippen LogP contribution in [0, 0.1) is 5.41 Å². The van der Waals surface area contributed by atoms with Crippen LogP contribution in [-0.2, 0) is 11.0 Å². The quantitative estimate of drug-likeness (QED) is 0.576. The maximum Gasteiger partial charge on any atom is 0.432 e. The lowest BCUT2D eigenvalue weighted by Crippen LogP contribution is -2.31. The van der Waals surface area contributed by atoms with E-state index in [1.165, 1.54) is 32.3 Å². The Morgan fingerprint density at radius 2 is 1.80 bits per heavy atom. The van der Waals surface area contributed by atoms with Gasteiger partial charge in [0.1, 0.15) is 18.1 Å². The summed E-state index contributed by atoms with van der Waals surface area (Å²) in [6.07, 6.45) is -0.886. The fourth-order valence-electron chi connectivity index (χ4n) is 2.34. The van der Waals surface area contributed by atoms with Gasteiger partial charge in [-0.05, 0) is 31.5 Å². The van der Waals surface area contributed by atoms with Crippen LogP contribution >= 0.6 is 11.6 Å². The number of H-pyrrole nitrogens is 1. The minimum Gasteiger partial charge on any atom is -0.481 e. The summed E-state index contributed by atoms with van der Waals surface area (Å²) in [5.74, 6) is -1.01. The molecule has 3 rings (SSSR count). The predicted molar refractivity (Wildman–Crippen MR) is 102 cm³/mol. The van der Waals surface area contributed by atoms with E-state index in [2.05, 4.69) is 19.9 Å². The lowest BCUT2D eigenvalue weighted by molar-refractivity contribution is -0.148. The molecule has 0 amide bonds. The summed E-state index contributed by atoms with van der Waals surface area (Å²) in [5.41, 5.74) is -0.531. The van der Waals surface area contributed by atoms with Gasteiger partial charge >= 0.3 is 18.2 Å². The molecule has 158 valence electrons. The van der Waals surface area contributed by atoms with Crippen LogP contribution in [0.1, 0.15) is 19.5 Å². The SMILES string of the molecule is CC(C)(COc1ncc(-c2ccc(-c3ncc(C(F)(F)F)[nH]3)c(Cl)c2)cn1)C(=O)O. The number of benzene rings is 1. The number of aliphatic carboxylic acids is 1. The van der Waals surface area contributed by atoms with Crippen molar-refractivity contribution in [1.82, 2.24) is 19.9 Å². The van der Waals surface area contributed by atoms with Gasteiger partial charge in [-0.1, -0.05) is 17.7 Å². The smallest absolute Gasteiger partial charge is 0.432 e. The lowest BCUT2D eigenvalue weighted by Gasteiger charge is -2.18. The number of halogens is 4. The van der Waals surface area contributed by atoms with Crippen molar-refractivity contribution < 1.29 is 27.8 Å². The van der Waals surface area contributed by atoms with E-state index in [9.17, 15) is 18.0 Å². The van der Waals surface area contributed by atoms with Gasteiger partial charge in [-0.2, -0.15) is 13.2 Å². The average molecular weight is 441 g/mol. The van der Waals surface area contributed by atoms with Crippen molar-refractivity contribution in [3.8, 4) is 28.5 Å². The van der Waals surface area contributed by atoms with Crippen LogP contribution in [0.4, 0.5) is 13.2 Å². The minimum atomic E-state index is -4.53. The summed E-state index contributed by atoms with van der Waals surface area (Å²) in [6, 6.07) is 4.76. The number of aromatic nitrogens is 4. The van der Waals surface area contributed by atoms with Gasteiger partial charge in [0.15, 0.2) is 0 Å². The summed E-state index contributed by atoms with van der Waals surface area (Å²) in [4.78, 5) is 25.1. The molecule has 30 heavy (non-hydrogen) atoms. The molecule has 0 aliphatic heterocycles. The van der Waals surface area contributed by atoms with Crippen LogP contribution in [0.3, 0.4) is 0 Å². The van der Waals surface area contributed by atoms with Gasteiger partial charge in [-0.15, -0.1) is 0 Å². The van der Waals surface area contributed by atoms with Gasteiger partial charge in [-0.25, -0.2) is 15.0 Å². The van der Waals surface area contributed by atoms with Crippen molar-refractivity contribution in [2.75, 3.05) is 6.61 Å². The van der Waals surface area contributed by atoms with E-state index >= 15 is 0 Å². The normalized spacial score (nSPS) is 12.1. The molecule has 2 heterocycles. The Balaban J connectivity index is 1.76. The first-order valence-electron chi connectivity index (χ1n) is 8.58. The van der Waals surface area contributed by atoms with Crippen LogP contribution in [-0.4, -0.2) is 37.6 Å². The molecule has 0 fully saturated rings. The van der Waals surface area contributed by atoms with Gasteiger partial charge in [-0.3, -0.25) is 4.79 Å². The molecule has 1 aromatic carbocycles. The van der Waals surface area contributed by atoms with Crippen molar-refractivity contribution in [2.24, 2.45) is 5.41 Å². The van der Waals surface area contributed by atoms with Crippen molar-refractivity contribution in [2.45, 2.75) is 20.0 Å². The Bertz CT molecular complexity index is 1070. The van der Waals surface area contributed by atoms with Crippen LogP contribution in [0.15, 0.2) is 36.8 Å². The van der Waals surface area contributed by atoms with Gasteiger partial charge in [0, 0.05) is 23.5 Å². The number of carboxylic acid groups (broad SMARTS) is 1. The number of alkyl halides is 3. The molecule has 0 saturated carbocycles. The fourth-order valence-corrected chi connectivity index (χ4v) is 2.61. The van der Waals surface area contributed by atoms with E-state index < -0.39 is 23.3 Å². The fraction of sp³-hybridized carbons (Fsp3) is 0.263. The number of nitrogens with one attached hydrogen (secondary N) is 1. The summed E-state index contributed by atoms with van der Waals surface area (Å²) in [6.45, 7) is 2.93. The molecule has 2 N–H and O–H groups in total.